The van der Waals surface area contributed by atoms with Gasteiger partial charge in [0.05, 0.1) is 16.8 Å². The van der Waals surface area contributed by atoms with Gasteiger partial charge in [-0.25, -0.2) is 14.6 Å². The molecule has 3 aromatic heterocycles. The van der Waals surface area contributed by atoms with Crippen LogP contribution in [0.25, 0.3) is 5.69 Å². The first-order valence-electron chi connectivity index (χ1n) is 16.9. The van der Waals surface area contributed by atoms with E-state index in [1.165, 1.54) is 22.9 Å². The van der Waals surface area contributed by atoms with Gasteiger partial charge in [0.15, 0.2) is 5.03 Å². The molecule has 0 saturated carbocycles. The Kier molecular flexibility index (Phi) is 10.7. The molecule has 3 aromatic rings. The average molecular weight is 717 g/mol. The number of anilines is 2. The molecule has 2 aliphatic rings. The van der Waals surface area contributed by atoms with Gasteiger partial charge in [-0.05, 0) is 70.7 Å². The Balaban J connectivity index is 1.55. The average Bonchev–Trinajstić information content (AvgIpc) is 3.53. The molecular formula is C36H47F3N6O4S. The van der Waals surface area contributed by atoms with E-state index in [0.29, 0.717) is 36.7 Å². The van der Waals surface area contributed by atoms with Crippen LogP contribution in [0.2, 0.25) is 0 Å². The Morgan fingerprint density at radius 1 is 1.02 bits per heavy atom. The smallest absolute Gasteiger partial charge is 0.397 e. The van der Waals surface area contributed by atoms with Crippen LogP contribution in [0.1, 0.15) is 78.8 Å². The Bertz CT molecular complexity index is 1840. The van der Waals surface area contributed by atoms with E-state index >= 15 is 0 Å². The van der Waals surface area contributed by atoms with Crippen LogP contribution in [0, 0.1) is 10.8 Å². The SMILES string of the molecule is CC(C)(CO)CN1CCCCCCC2=CC=CCC2(C)c2nc(ccc2-n2ccc(OCC(C)(C)C(F)(F)F)n2)NS(=O)(=O)c2cccc1n2. The molecule has 1 aliphatic heterocycles. The second-order valence-corrected chi connectivity index (χ2v) is 16.5. The van der Waals surface area contributed by atoms with Crippen LogP contribution >= 0.6 is 0 Å². The van der Waals surface area contributed by atoms with E-state index in [9.17, 15) is 26.7 Å². The number of halogens is 3. The zero-order valence-corrected chi connectivity index (χ0v) is 30.1. The molecule has 10 nitrogen and oxygen atoms in total. The van der Waals surface area contributed by atoms with Crippen molar-refractivity contribution in [1.82, 2.24) is 19.7 Å². The van der Waals surface area contributed by atoms with E-state index in [1.807, 2.05) is 30.9 Å². The molecule has 272 valence electrons. The zero-order valence-electron chi connectivity index (χ0n) is 29.3. The quantitative estimate of drug-likeness (QED) is 0.260. The summed E-state index contributed by atoms with van der Waals surface area (Å²) < 4.78 is 77.6. The summed E-state index contributed by atoms with van der Waals surface area (Å²) in [4.78, 5) is 11.5. The number of alkyl halides is 3. The van der Waals surface area contributed by atoms with Gasteiger partial charge in [-0.2, -0.15) is 21.6 Å². The third kappa shape index (κ3) is 8.34. The summed E-state index contributed by atoms with van der Waals surface area (Å²) in [6, 6.07) is 9.61. The normalized spacial score (nSPS) is 20.3. The third-order valence-electron chi connectivity index (χ3n) is 9.44. The second-order valence-electron chi connectivity index (χ2n) is 14.8. The molecule has 4 bridgehead atoms. The molecule has 1 atom stereocenters. The maximum atomic E-state index is 13.8. The number of rotatable bonds is 7. The van der Waals surface area contributed by atoms with Crippen molar-refractivity contribution in [2.75, 3.05) is 35.9 Å². The molecule has 0 fully saturated rings. The number of nitrogens with one attached hydrogen (secondary N) is 1. The Hall–Kier alpha value is -3.91. The molecule has 0 aromatic carbocycles. The number of aliphatic hydroxyl groups excluding tert-OH is 1. The van der Waals surface area contributed by atoms with Crippen LogP contribution in [0.5, 0.6) is 5.88 Å². The molecular weight excluding hydrogens is 669 g/mol. The summed E-state index contributed by atoms with van der Waals surface area (Å²) in [5, 5.41) is 14.3. The highest BCUT2D eigenvalue weighted by molar-refractivity contribution is 7.92. The highest BCUT2D eigenvalue weighted by atomic mass is 32.2. The zero-order chi connectivity index (χ0) is 36.4. The van der Waals surface area contributed by atoms with E-state index in [2.05, 4.69) is 27.8 Å². The predicted octanol–water partition coefficient (Wildman–Crippen LogP) is 7.36. The first kappa shape index (κ1) is 37.3. The Morgan fingerprint density at radius 3 is 2.52 bits per heavy atom. The molecule has 50 heavy (non-hydrogen) atoms. The number of nitrogens with zero attached hydrogens (tertiary/aromatic N) is 5. The largest absolute Gasteiger partial charge is 0.476 e. The lowest BCUT2D eigenvalue weighted by atomic mass is 9.71. The molecule has 0 spiro atoms. The minimum Gasteiger partial charge on any atom is -0.476 e. The van der Waals surface area contributed by atoms with Crippen LogP contribution in [-0.4, -0.2) is 65.8 Å². The number of allylic oxidation sites excluding steroid dienone is 4. The lowest BCUT2D eigenvalue weighted by Crippen LogP contribution is -2.37. The summed E-state index contributed by atoms with van der Waals surface area (Å²) in [6.45, 7) is 8.64. The van der Waals surface area contributed by atoms with E-state index in [4.69, 9.17) is 9.72 Å². The molecule has 5 rings (SSSR count). The van der Waals surface area contributed by atoms with Gasteiger partial charge >= 0.3 is 6.18 Å². The topological polar surface area (TPSA) is 122 Å². The number of hydrogen-bond donors (Lipinski definition) is 2. The molecule has 0 amide bonds. The molecule has 1 unspecified atom stereocenters. The van der Waals surface area contributed by atoms with Crippen molar-refractivity contribution >= 4 is 21.7 Å². The molecule has 2 N–H and O–H groups in total. The van der Waals surface area contributed by atoms with Crippen molar-refractivity contribution < 1.29 is 31.4 Å². The fourth-order valence-electron chi connectivity index (χ4n) is 6.10. The van der Waals surface area contributed by atoms with Gasteiger partial charge < -0.3 is 14.7 Å². The van der Waals surface area contributed by atoms with Crippen LogP contribution in [0.15, 0.2) is 71.4 Å². The summed E-state index contributed by atoms with van der Waals surface area (Å²) in [6.07, 6.45) is 8.42. The summed E-state index contributed by atoms with van der Waals surface area (Å²) in [7, 11) is -4.18. The molecule has 0 radical (unpaired) electrons. The highest BCUT2D eigenvalue weighted by Crippen LogP contribution is 2.43. The van der Waals surface area contributed by atoms with Crippen LogP contribution in [0.3, 0.4) is 0 Å². The minimum atomic E-state index is -4.45. The van der Waals surface area contributed by atoms with Gasteiger partial charge in [0.25, 0.3) is 10.0 Å². The first-order chi connectivity index (χ1) is 23.4. The number of sulfonamides is 1. The number of pyridine rings is 2. The minimum absolute atomic E-state index is 0.0235. The van der Waals surface area contributed by atoms with Gasteiger partial charge in [-0.15, -0.1) is 5.10 Å². The molecule has 1 aliphatic carbocycles. The van der Waals surface area contributed by atoms with Crippen molar-refractivity contribution in [1.29, 1.82) is 0 Å². The van der Waals surface area contributed by atoms with Crippen LogP contribution in [-0.2, 0) is 15.4 Å². The number of hydrogen-bond acceptors (Lipinski definition) is 8. The number of aromatic nitrogens is 4. The maximum Gasteiger partial charge on any atom is 0.397 e. The van der Waals surface area contributed by atoms with Gasteiger partial charge in [0.1, 0.15) is 18.2 Å². The van der Waals surface area contributed by atoms with Crippen LogP contribution in [0.4, 0.5) is 24.8 Å². The van der Waals surface area contributed by atoms with Crippen molar-refractivity contribution in [2.24, 2.45) is 10.8 Å². The molecule has 0 saturated heterocycles. The van der Waals surface area contributed by atoms with Gasteiger partial charge in [-0.3, -0.25) is 4.72 Å². The van der Waals surface area contributed by atoms with E-state index < -0.39 is 39.1 Å². The summed E-state index contributed by atoms with van der Waals surface area (Å²) >= 11 is 0. The summed E-state index contributed by atoms with van der Waals surface area (Å²) in [5.41, 5.74) is -0.916. The van der Waals surface area contributed by atoms with Crippen LogP contribution < -0.4 is 14.4 Å². The van der Waals surface area contributed by atoms with Crippen molar-refractivity contribution in [2.45, 2.75) is 89.8 Å². The predicted molar refractivity (Wildman–Crippen MR) is 187 cm³/mol. The lowest BCUT2D eigenvalue weighted by Gasteiger charge is -2.35. The third-order valence-corrected chi connectivity index (χ3v) is 10.7. The number of aliphatic hydroxyl groups is 1. The highest BCUT2D eigenvalue weighted by Gasteiger charge is 2.48. The van der Waals surface area contributed by atoms with Crippen molar-refractivity contribution in [3.8, 4) is 11.6 Å². The summed E-state index contributed by atoms with van der Waals surface area (Å²) in [5.74, 6) is 0.618. The van der Waals surface area contributed by atoms with E-state index in [-0.39, 0.29) is 23.3 Å². The first-order valence-corrected chi connectivity index (χ1v) is 18.4. The maximum absolute atomic E-state index is 13.8. The van der Waals surface area contributed by atoms with Gasteiger partial charge in [0, 0.05) is 42.8 Å². The lowest BCUT2D eigenvalue weighted by molar-refractivity contribution is -0.219. The monoisotopic (exact) mass is 716 g/mol. The standard InChI is InChI=1S/C36H47F3N6O4S/c1-33(2,24-46)23-44-21-11-7-6-8-13-26-14-9-10-20-35(26,5)32-27(45-22-19-30(42-45)49-25-34(3,4)36(37,38)39)17-18-28(40-32)43-50(47,48)31-16-12-15-29(44)41-31/h9-10,12,14-19,22,46H,6-8,11,13,20-21,23-25H2,1-5H3,(H,40,43). The second kappa shape index (κ2) is 14.4. The molecule has 14 heteroatoms. The van der Waals surface area contributed by atoms with E-state index in [1.54, 1.807) is 24.4 Å². The molecule has 4 heterocycles. The van der Waals surface area contributed by atoms with Gasteiger partial charge in [0.2, 0.25) is 5.88 Å². The Labute approximate surface area is 292 Å². The number of ether oxygens (including phenoxy) is 1. The van der Waals surface area contributed by atoms with Gasteiger partial charge in [-0.1, -0.05) is 56.6 Å². The fraction of sp³-hybridized carbons (Fsp3) is 0.528. The van der Waals surface area contributed by atoms with Crippen molar-refractivity contribution in [3.05, 3.63) is 72.1 Å². The van der Waals surface area contributed by atoms with Crippen molar-refractivity contribution in [3.63, 3.8) is 0 Å². The van der Waals surface area contributed by atoms with E-state index in [0.717, 1.165) is 51.5 Å². The fourth-order valence-corrected chi connectivity index (χ4v) is 7.06. The number of fused-ring (bicyclic) bond motifs is 6. The Morgan fingerprint density at radius 2 is 1.78 bits per heavy atom.